The molecule has 1 unspecified atom stereocenters. The van der Waals surface area contributed by atoms with Crippen molar-refractivity contribution in [3.8, 4) is 0 Å². The molecular formula is C19H29ClFN3O2. The van der Waals surface area contributed by atoms with E-state index in [9.17, 15) is 14.0 Å². The van der Waals surface area contributed by atoms with Gasteiger partial charge in [-0.15, -0.1) is 12.4 Å². The summed E-state index contributed by atoms with van der Waals surface area (Å²) in [6, 6.07) is 5.52. The minimum absolute atomic E-state index is 0. The van der Waals surface area contributed by atoms with Crippen LogP contribution < -0.4 is 16.4 Å². The predicted octanol–water partition coefficient (Wildman–Crippen LogP) is 2.69. The molecule has 0 bridgehead atoms. The lowest BCUT2D eigenvalue weighted by molar-refractivity contribution is -0.127. The average molecular weight is 386 g/mol. The summed E-state index contributed by atoms with van der Waals surface area (Å²) in [6.45, 7) is 3.54. The fraction of sp³-hybridized carbons (Fsp3) is 0.579. The number of hydrogen-bond acceptors (Lipinski definition) is 3. The third-order valence-electron chi connectivity index (χ3n) is 4.87. The van der Waals surface area contributed by atoms with Crippen LogP contribution in [0.5, 0.6) is 0 Å². The summed E-state index contributed by atoms with van der Waals surface area (Å²) in [5, 5.41) is 5.46. The third-order valence-corrected chi connectivity index (χ3v) is 4.87. The zero-order valence-electron chi connectivity index (χ0n) is 15.3. The molecule has 1 saturated carbocycles. The molecule has 1 aromatic carbocycles. The zero-order chi connectivity index (χ0) is 18.4. The van der Waals surface area contributed by atoms with E-state index in [1.165, 1.54) is 6.07 Å². The Bertz CT molecular complexity index is 606. The Morgan fingerprint density at radius 3 is 2.42 bits per heavy atom. The molecule has 1 aromatic rings. The van der Waals surface area contributed by atoms with Crippen LogP contribution in [0.4, 0.5) is 4.39 Å². The van der Waals surface area contributed by atoms with Crippen molar-refractivity contribution in [2.24, 2.45) is 17.6 Å². The van der Waals surface area contributed by atoms with Gasteiger partial charge in [0.1, 0.15) is 5.82 Å². The maximum absolute atomic E-state index is 14.2. The van der Waals surface area contributed by atoms with E-state index in [1.807, 2.05) is 13.8 Å². The number of nitrogens with two attached hydrogens (primary N) is 1. The molecular weight excluding hydrogens is 357 g/mol. The van der Waals surface area contributed by atoms with Gasteiger partial charge in [0.05, 0.1) is 18.6 Å². The van der Waals surface area contributed by atoms with Crippen molar-refractivity contribution in [3.05, 3.63) is 35.6 Å². The van der Waals surface area contributed by atoms with Gasteiger partial charge in [0.15, 0.2) is 0 Å². The van der Waals surface area contributed by atoms with Crippen molar-refractivity contribution in [2.45, 2.75) is 51.6 Å². The highest BCUT2D eigenvalue weighted by Gasteiger charge is 2.29. The monoisotopic (exact) mass is 385 g/mol. The van der Waals surface area contributed by atoms with Gasteiger partial charge in [0.25, 0.3) is 0 Å². The molecule has 0 spiro atoms. The second-order valence-electron chi connectivity index (χ2n) is 7.10. The number of halogens is 2. The van der Waals surface area contributed by atoms with E-state index >= 15 is 0 Å². The molecule has 7 heteroatoms. The standard InChI is InChI=1S/C19H28FN3O2.ClH/c1-12(2)17(21)19(25)22-11-16(24)23-18(13-7-3-4-8-13)14-9-5-6-10-15(14)20;/h5-6,9-10,12-13,17-18H,3-4,7-8,11,21H2,1-2H3,(H,22,25)(H,23,24);1H/t17-,18?;/m0./s1. The second-order valence-corrected chi connectivity index (χ2v) is 7.10. The summed E-state index contributed by atoms with van der Waals surface area (Å²) in [5.41, 5.74) is 6.27. The fourth-order valence-corrected chi connectivity index (χ4v) is 3.28. The maximum atomic E-state index is 14.2. The fourth-order valence-electron chi connectivity index (χ4n) is 3.28. The second kappa shape index (κ2) is 10.5. The van der Waals surface area contributed by atoms with Crippen LogP contribution in [0.25, 0.3) is 0 Å². The lowest BCUT2D eigenvalue weighted by Crippen LogP contribution is -2.48. The molecule has 26 heavy (non-hydrogen) atoms. The first kappa shape index (κ1) is 22.4. The van der Waals surface area contributed by atoms with Gasteiger partial charge in [0.2, 0.25) is 11.8 Å². The third kappa shape index (κ3) is 5.95. The minimum Gasteiger partial charge on any atom is -0.347 e. The number of hydrogen-bond donors (Lipinski definition) is 3. The van der Waals surface area contributed by atoms with Crippen LogP contribution in [-0.2, 0) is 9.59 Å². The largest absolute Gasteiger partial charge is 0.347 e. The first-order valence-corrected chi connectivity index (χ1v) is 8.97. The molecule has 2 rings (SSSR count). The van der Waals surface area contributed by atoms with Crippen LogP contribution in [-0.4, -0.2) is 24.4 Å². The Hall–Kier alpha value is -1.66. The highest BCUT2D eigenvalue weighted by molar-refractivity contribution is 5.87. The molecule has 1 aliphatic carbocycles. The summed E-state index contributed by atoms with van der Waals surface area (Å²) in [7, 11) is 0. The molecule has 0 aliphatic heterocycles. The Morgan fingerprint density at radius 2 is 1.85 bits per heavy atom. The Kier molecular flexibility index (Phi) is 9.02. The van der Waals surface area contributed by atoms with Gasteiger partial charge in [-0.25, -0.2) is 4.39 Å². The first-order chi connectivity index (χ1) is 11.9. The molecule has 2 amide bonds. The normalized spacial score (nSPS) is 16.7. The van der Waals surface area contributed by atoms with Crippen molar-refractivity contribution >= 4 is 24.2 Å². The molecule has 5 nitrogen and oxygen atoms in total. The minimum atomic E-state index is -0.648. The van der Waals surface area contributed by atoms with E-state index < -0.39 is 6.04 Å². The highest BCUT2D eigenvalue weighted by atomic mass is 35.5. The predicted molar refractivity (Wildman–Crippen MR) is 102 cm³/mol. The van der Waals surface area contributed by atoms with Gasteiger partial charge >= 0.3 is 0 Å². The molecule has 2 atom stereocenters. The molecule has 146 valence electrons. The van der Waals surface area contributed by atoms with Gasteiger partial charge in [-0.2, -0.15) is 0 Å². The molecule has 0 radical (unpaired) electrons. The SMILES string of the molecule is CC(C)[C@H](N)C(=O)NCC(=O)NC(c1ccccc1F)C1CCCC1.Cl. The van der Waals surface area contributed by atoms with Crippen molar-refractivity contribution < 1.29 is 14.0 Å². The topological polar surface area (TPSA) is 84.2 Å². The Labute approximate surface area is 160 Å². The molecule has 0 heterocycles. The van der Waals surface area contributed by atoms with Gasteiger partial charge in [-0.05, 0) is 30.7 Å². The lowest BCUT2D eigenvalue weighted by atomic mass is 9.91. The van der Waals surface area contributed by atoms with Crippen LogP contribution in [0.1, 0.15) is 51.1 Å². The van der Waals surface area contributed by atoms with Crippen LogP contribution in [0, 0.1) is 17.7 Å². The van der Waals surface area contributed by atoms with E-state index in [2.05, 4.69) is 10.6 Å². The van der Waals surface area contributed by atoms with E-state index in [4.69, 9.17) is 5.73 Å². The smallest absolute Gasteiger partial charge is 0.239 e. The van der Waals surface area contributed by atoms with Gasteiger partial charge < -0.3 is 16.4 Å². The van der Waals surface area contributed by atoms with E-state index in [0.717, 1.165) is 25.7 Å². The summed E-state index contributed by atoms with van der Waals surface area (Å²) in [5.74, 6) is -0.786. The number of benzene rings is 1. The van der Waals surface area contributed by atoms with Crippen LogP contribution in [0.15, 0.2) is 24.3 Å². The quantitative estimate of drug-likeness (QED) is 0.674. The van der Waals surface area contributed by atoms with Gasteiger partial charge in [0, 0.05) is 5.56 Å². The maximum Gasteiger partial charge on any atom is 0.239 e. The van der Waals surface area contributed by atoms with Crippen molar-refractivity contribution in [1.29, 1.82) is 0 Å². The number of nitrogens with one attached hydrogen (secondary N) is 2. The van der Waals surface area contributed by atoms with E-state index in [1.54, 1.807) is 18.2 Å². The summed E-state index contributed by atoms with van der Waals surface area (Å²) < 4.78 is 14.2. The van der Waals surface area contributed by atoms with Crippen molar-refractivity contribution in [3.63, 3.8) is 0 Å². The molecule has 0 saturated heterocycles. The lowest BCUT2D eigenvalue weighted by Gasteiger charge is -2.26. The molecule has 1 aliphatic rings. The number of amides is 2. The molecule has 0 aromatic heterocycles. The van der Waals surface area contributed by atoms with Crippen LogP contribution in [0.3, 0.4) is 0 Å². The summed E-state index contributed by atoms with van der Waals surface area (Å²) >= 11 is 0. The Balaban J connectivity index is 0.00000338. The average Bonchev–Trinajstić information content (AvgIpc) is 3.11. The number of rotatable bonds is 7. The van der Waals surface area contributed by atoms with E-state index in [-0.39, 0.29) is 54.5 Å². The van der Waals surface area contributed by atoms with E-state index in [0.29, 0.717) is 5.56 Å². The van der Waals surface area contributed by atoms with Gasteiger partial charge in [-0.1, -0.05) is 44.9 Å². The molecule has 4 N–H and O–H groups in total. The van der Waals surface area contributed by atoms with Crippen molar-refractivity contribution in [2.75, 3.05) is 6.54 Å². The van der Waals surface area contributed by atoms with Gasteiger partial charge in [-0.3, -0.25) is 9.59 Å². The number of carbonyl (C=O) groups excluding carboxylic acids is 2. The Morgan fingerprint density at radius 1 is 1.23 bits per heavy atom. The highest BCUT2D eigenvalue weighted by Crippen LogP contribution is 2.36. The van der Waals surface area contributed by atoms with Crippen LogP contribution in [0.2, 0.25) is 0 Å². The zero-order valence-corrected chi connectivity index (χ0v) is 16.2. The summed E-state index contributed by atoms with van der Waals surface area (Å²) in [6.07, 6.45) is 4.10. The first-order valence-electron chi connectivity index (χ1n) is 8.97. The summed E-state index contributed by atoms with van der Waals surface area (Å²) in [4.78, 5) is 24.2. The van der Waals surface area contributed by atoms with Crippen LogP contribution >= 0.6 is 12.4 Å². The molecule has 1 fully saturated rings. The van der Waals surface area contributed by atoms with Crippen molar-refractivity contribution in [1.82, 2.24) is 10.6 Å². The number of carbonyl (C=O) groups is 2.